The van der Waals surface area contributed by atoms with Crippen molar-refractivity contribution in [3.8, 4) is 6.07 Å². The van der Waals surface area contributed by atoms with E-state index in [0.29, 0.717) is 28.8 Å². The Morgan fingerprint density at radius 3 is 2.62 bits per heavy atom. The monoisotopic (exact) mass is 433 g/mol. The average molecular weight is 434 g/mol. The second-order valence-corrected chi connectivity index (χ2v) is 8.47. The molecular weight excluding hydrogens is 406 g/mol. The second-order valence-electron chi connectivity index (χ2n) is 8.47. The Hall–Kier alpha value is -3.93. The molecule has 166 valence electrons. The predicted octanol–water partition coefficient (Wildman–Crippen LogP) is 4.56. The van der Waals surface area contributed by atoms with E-state index in [0.717, 1.165) is 29.7 Å². The summed E-state index contributed by atoms with van der Waals surface area (Å²) in [7, 11) is 0. The minimum Gasteiger partial charge on any atom is -0.444 e. The van der Waals surface area contributed by atoms with Crippen LogP contribution in [0.3, 0.4) is 0 Å². The molecule has 0 aliphatic heterocycles. The number of nitriles is 1. The van der Waals surface area contributed by atoms with Gasteiger partial charge in [0.05, 0.1) is 0 Å². The minimum atomic E-state index is -0.551. The summed E-state index contributed by atoms with van der Waals surface area (Å²) in [5.41, 5.74) is 3.64. The first kappa shape index (κ1) is 22.7. The smallest absolute Gasteiger partial charge is 0.412 e. The zero-order chi connectivity index (χ0) is 23.3. The van der Waals surface area contributed by atoms with Crippen molar-refractivity contribution in [2.45, 2.75) is 53.1 Å². The van der Waals surface area contributed by atoms with Crippen molar-refractivity contribution in [1.82, 2.24) is 20.2 Å². The number of hydrogen-bond donors (Lipinski definition) is 3. The molecule has 9 heteroatoms. The fraction of sp³-hybridized carbons (Fsp3) is 0.348. The molecule has 0 unspecified atom stereocenters. The highest BCUT2D eigenvalue weighted by molar-refractivity contribution is 5.85. The largest absolute Gasteiger partial charge is 0.444 e. The van der Waals surface area contributed by atoms with Gasteiger partial charge in [0.25, 0.3) is 0 Å². The molecule has 3 N–H and O–H groups in total. The number of rotatable bonds is 6. The van der Waals surface area contributed by atoms with Crippen LogP contribution in [0.25, 0.3) is 0 Å². The number of ether oxygens (including phenoxy) is 1. The van der Waals surface area contributed by atoms with Crippen LogP contribution in [0.15, 0.2) is 30.3 Å². The van der Waals surface area contributed by atoms with Crippen LogP contribution < -0.4 is 10.6 Å². The van der Waals surface area contributed by atoms with Crippen molar-refractivity contribution in [2.24, 2.45) is 0 Å². The van der Waals surface area contributed by atoms with Crippen molar-refractivity contribution in [1.29, 1.82) is 5.26 Å². The van der Waals surface area contributed by atoms with Gasteiger partial charge in [0.15, 0.2) is 5.82 Å². The van der Waals surface area contributed by atoms with Crippen molar-refractivity contribution in [3.05, 3.63) is 58.7 Å². The number of nitrogens with one attached hydrogen (secondary N) is 3. The van der Waals surface area contributed by atoms with Gasteiger partial charge in [0.1, 0.15) is 29.0 Å². The molecule has 0 spiro atoms. The van der Waals surface area contributed by atoms with Gasteiger partial charge in [-0.25, -0.2) is 14.8 Å². The summed E-state index contributed by atoms with van der Waals surface area (Å²) in [6, 6.07) is 11.3. The van der Waals surface area contributed by atoms with E-state index in [1.165, 1.54) is 0 Å². The number of H-pyrrole nitrogens is 1. The van der Waals surface area contributed by atoms with Crippen LogP contribution in [0, 0.1) is 25.2 Å². The van der Waals surface area contributed by atoms with Gasteiger partial charge in [0, 0.05) is 23.5 Å². The molecule has 2 aromatic heterocycles. The Balaban J connectivity index is 1.63. The van der Waals surface area contributed by atoms with Crippen LogP contribution >= 0.6 is 0 Å². The maximum absolute atomic E-state index is 12.0. The molecule has 0 fully saturated rings. The van der Waals surface area contributed by atoms with Crippen molar-refractivity contribution >= 4 is 23.4 Å². The second kappa shape index (κ2) is 9.47. The lowest BCUT2D eigenvalue weighted by atomic mass is 10.0. The zero-order valence-electron chi connectivity index (χ0n) is 18.9. The Labute approximate surface area is 187 Å². The van der Waals surface area contributed by atoms with Crippen LogP contribution in [-0.2, 0) is 17.6 Å². The van der Waals surface area contributed by atoms with Gasteiger partial charge in [-0.15, -0.1) is 0 Å². The lowest BCUT2D eigenvalue weighted by Crippen LogP contribution is -2.27. The van der Waals surface area contributed by atoms with Gasteiger partial charge in [-0.3, -0.25) is 10.4 Å². The first-order valence-corrected chi connectivity index (χ1v) is 10.3. The maximum Gasteiger partial charge on any atom is 0.412 e. The number of anilines is 3. The molecule has 1 amide bonds. The molecule has 0 aliphatic carbocycles. The van der Waals surface area contributed by atoms with Crippen molar-refractivity contribution in [3.63, 3.8) is 0 Å². The zero-order valence-corrected chi connectivity index (χ0v) is 18.9. The van der Waals surface area contributed by atoms with Gasteiger partial charge < -0.3 is 10.1 Å². The molecule has 32 heavy (non-hydrogen) atoms. The highest BCUT2D eigenvalue weighted by Gasteiger charge is 2.16. The standard InChI is InChI=1S/C23H27N7O2/c1-14-6-8-17(27-22(31)32-23(3,4)5)10-16(14)7-9-18-11-21(30-29-18)28-20-12-19(13-24)25-15(2)26-20/h6,8,10-12H,7,9H2,1-5H3,(H,27,31)(H2,25,26,28,29,30). The highest BCUT2D eigenvalue weighted by atomic mass is 16.6. The number of benzene rings is 1. The summed E-state index contributed by atoms with van der Waals surface area (Å²) in [5.74, 6) is 1.64. The average Bonchev–Trinajstić information content (AvgIpc) is 3.13. The number of aryl methyl sites for hydroxylation is 4. The van der Waals surface area contributed by atoms with Crippen LogP contribution in [0.5, 0.6) is 0 Å². The number of amides is 1. The number of aromatic nitrogens is 4. The molecule has 0 radical (unpaired) electrons. The van der Waals surface area contributed by atoms with E-state index in [9.17, 15) is 4.79 Å². The topological polar surface area (TPSA) is 129 Å². The van der Waals surface area contributed by atoms with Gasteiger partial charge in [-0.05, 0) is 70.7 Å². The number of aromatic amines is 1. The Bertz CT molecular complexity index is 1160. The highest BCUT2D eigenvalue weighted by Crippen LogP contribution is 2.20. The first-order chi connectivity index (χ1) is 15.1. The fourth-order valence-corrected chi connectivity index (χ4v) is 3.08. The molecule has 0 aliphatic rings. The number of hydrogen-bond acceptors (Lipinski definition) is 7. The molecular formula is C23H27N7O2. The molecule has 1 aromatic carbocycles. The Kier molecular flexibility index (Phi) is 6.73. The number of carbonyl (C=O) groups is 1. The van der Waals surface area contributed by atoms with Crippen LogP contribution in [-0.4, -0.2) is 31.9 Å². The van der Waals surface area contributed by atoms with Gasteiger partial charge in [-0.1, -0.05) is 6.07 Å². The predicted molar refractivity (Wildman–Crippen MR) is 122 cm³/mol. The molecule has 0 saturated heterocycles. The normalized spacial score (nSPS) is 11.0. The molecule has 0 bridgehead atoms. The Morgan fingerprint density at radius 2 is 1.91 bits per heavy atom. The molecule has 0 saturated carbocycles. The number of carbonyl (C=O) groups excluding carboxylic acids is 1. The van der Waals surface area contributed by atoms with Gasteiger partial charge >= 0.3 is 6.09 Å². The van der Waals surface area contributed by atoms with Crippen LogP contribution in [0.1, 0.15) is 49.1 Å². The van der Waals surface area contributed by atoms with Gasteiger partial charge in [0.2, 0.25) is 0 Å². The quantitative estimate of drug-likeness (QED) is 0.519. The summed E-state index contributed by atoms with van der Waals surface area (Å²) in [5, 5.41) is 22.2. The SMILES string of the molecule is Cc1nc(C#N)cc(Nc2cc(CCc3cc(NC(=O)OC(C)(C)C)ccc3C)[nH]n2)n1. The summed E-state index contributed by atoms with van der Waals surface area (Å²) in [4.78, 5) is 20.4. The summed E-state index contributed by atoms with van der Waals surface area (Å²) in [6.07, 6.45) is 1.02. The van der Waals surface area contributed by atoms with E-state index in [1.54, 1.807) is 13.0 Å². The summed E-state index contributed by atoms with van der Waals surface area (Å²) < 4.78 is 5.32. The van der Waals surface area contributed by atoms with E-state index < -0.39 is 11.7 Å². The molecule has 3 rings (SSSR count). The molecule has 9 nitrogen and oxygen atoms in total. The fourth-order valence-electron chi connectivity index (χ4n) is 3.08. The van der Waals surface area contributed by atoms with Crippen LogP contribution in [0.4, 0.5) is 22.1 Å². The lowest BCUT2D eigenvalue weighted by Gasteiger charge is -2.20. The first-order valence-electron chi connectivity index (χ1n) is 10.3. The van der Waals surface area contributed by atoms with Gasteiger partial charge in [-0.2, -0.15) is 10.4 Å². The van der Waals surface area contributed by atoms with Crippen LogP contribution in [0.2, 0.25) is 0 Å². The number of nitrogens with zero attached hydrogens (tertiary/aromatic N) is 4. The third kappa shape index (κ3) is 6.54. The molecule has 2 heterocycles. The van der Waals surface area contributed by atoms with E-state index >= 15 is 0 Å². The third-order valence-electron chi connectivity index (χ3n) is 4.50. The molecule has 3 aromatic rings. The van der Waals surface area contributed by atoms with Crippen molar-refractivity contribution in [2.75, 3.05) is 10.6 Å². The van der Waals surface area contributed by atoms with E-state index in [-0.39, 0.29) is 0 Å². The molecule has 0 atom stereocenters. The van der Waals surface area contributed by atoms with E-state index in [4.69, 9.17) is 10.00 Å². The van der Waals surface area contributed by atoms with E-state index in [1.807, 2.05) is 58.0 Å². The Morgan fingerprint density at radius 1 is 1.12 bits per heavy atom. The summed E-state index contributed by atoms with van der Waals surface area (Å²) >= 11 is 0. The third-order valence-corrected chi connectivity index (χ3v) is 4.50. The minimum absolute atomic E-state index is 0.297. The van der Waals surface area contributed by atoms with E-state index in [2.05, 4.69) is 30.8 Å². The summed E-state index contributed by atoms with van der Waals surface area (Å²) in [6.45, 7) is 9.26. The maximum atomic E-state index is 12.0. The lowest BCUT2D eigenvalue weighted by molar-refractivity contribution is 0.0636. The van der Waals surface area contributed by atoms with Crippen molar-refractivity contribution < 1.29 is 9.53 Å².